The number of hydrazine groups is 1. The molecule has 1 unspecified atom stereocenters. The van der Waals surface area contributed by atoms with E-state index in [2.05, 4.69) is 28.9 Å². The minimum atomic E-state index is -0.0117. The van der Waals surface area contributed by atoms with Crippen molar-refractivity contribution in [3.8, 4) is 0 Å². The molecule has 1 aromatic heterocycles. The molecule has 0 radical (unpaired) electrons. The van der Waals surface area contributed by atoms with Gasteiger partial charge in [0, 0.05) is 6.61 Å². The van der Waals surface area contributed by atoms with Gasteiger partial charge < -0.3 is 4.74 Å². The lowest BCUT2D eigenvalue weighted by molar-refractivity contribution is 0.123. The number of aromatic nitrogens is 2. The number of rotatable bonds is 6. The summed E-state index contributed by atoms with van der Waals surface area (Å²) in [7, 11) is 0. The summed E-state index contributed by atoms with van der Waals surface area (Å²) in [5.74, 6) is 5.85. The van der Waals surface area contributed by atoms with E-state index >= 15 is 0 Å². The molecule has 0 aliphatic rings. The molecule has 1 aromatic rings. The van der Waals surface area contributed by atoms with Crippen molar-refractivity contribution in [2.45, 2.75) is 32.7 Å². The summed E-state index contributed by atoms with van der Waals surface area (Å²) < 4.78 is 9.31. The van der Waals surface area contributed by atoms with Crippen molar-refractivity contribution in [3.05, 3.63) is 10.6 Å². The summed E-state index contributed by atoms with van der Waals surface area (Å²) >= 11 is 1.38. The highest BCUT2D eigenvalue weighted by molar-refractivity contribution is 7.05. The van der Waals surface area contributed by atoms with Gasteiger partial charge in [-0.05, 0) is 24.4 Å². The smallest absolute Gasteiger partial charge is 0.0830 e. The minimum absolute atomic E-state index is 0.0117. The SMILES string of the molecule is CCOCC(NN)c1snnc1C(C)C. The first-order valence-electron chi connectivity index (χ1n) is 5.06. The first-order chi connectivity index (χ1) is 7.20. The molecule has 0 aromatic carbocycles. The summed E-state index contributed by atoms with van der Waals surface area (Å²) in [5.41, 5.74) is 3.74. The number of hydrogen-bond donors (Lipinski definition) is 2. The van der Waals surface area contributed by atoms with Crippen LogP contribution < -0.4 is 11.3 Å². The Kier molecular flexibility index (Phi) is 5.10. The van der Waals surface area contributed by atoms with Crippen LogP contribution in [0.15, 0.2) is 0 Å². The van der Waals surface area contributed by atoms with Gasteiger partial charge in [-0.25, -0.2) is 5.43 Å². The van der Waals surface area contributed by atoms with Crippen molar-refractivity contribution in [1.82, 2.24) is 15.0 Å². The Bertz CT molecular complexity index is 289. The molecule has 0 saturated carbocycles. The maximum Gasteiger partial charge on any atom is 0.0830 e. The van der Waals surface area contributed by atoms with Crippen molar-refractivity contribution in [1.29, 1.82) is 0 Å². The summed E-state index contributed by atoms with van der Waals surface area (Å²) in [6.45, 7) is 7.38. The Hall–Kier alpha value is -0.560. The zero-order chi connectivity index (χ0) is 11.3. The van der Waals surface area contributed by atoms with Gasteiger partial charge in [-0.3, -0.25) is 5.84 Å². The molecule has 86 valence electrons. The van der Waals surface area contributed by atoms with Crippen molar-refractivity contribution in [2.75, 3.05) is 13.2 Å². The average molecular weight is 230 g/mol. The summed E-state index contributed by atoms with van der Waals surface area (Å²) in [4.78, 5) is 1.07. The Morgan fingerprint density at radius 2 is 2.27 bits per heavy atom. The number of ether oxygens (including phenoxy) is 1. The second-order valence-electron chi connectivity index (χ2n) is 3.56. The third kappa shape index (κ3) is 3.20. The molecule has 3 N–H and O–H groups in total. The van der Waals surface area contributed by atoms with Crippen LogP contribution in [0.5, 0.6) is 0 Å². The van der Waals surface area contributed by atoms with Crippen LogP contribution in [0.3, 0.4) is 0 Å². The molecular weight excluding hydrogens is 212 g/mol. The van der Waals surface area contributed by atoms with E-state index in [4.69, 9.17) is 10.6 Å². The van der Waals surface area contributed by atoms with Crippen molar-refractivity contribution < 1.29 is 4.74 Å². The van der Waals surface area contributed by atoms with Crippen LogP contribution in [-0.4, -0.2) is 22.8 Å². The molecule has 0 bridgehead atoms. The zero-order valence-corrected chi connectivity index (χ0v) is 10.2. The Labute approximate surface area is 94.1 Å². The van der Waals surface area contributed by atoms with Crippen LogP contribution in [0.2, 0.25) is 0 Å². The highest BCUT2D eigenvalue weighted by Crippen LogP contribution is 2.25. The predicted molar refractivity (Wildman–Crippen MR) is 60.6 cm³/mol. The third-order valence-corrected chi connectivity index (χ3v) is 2.95. The average Bonchev–Trinajstić information content (AvgIpc) is 2.68. The van der Waals surface area contributed by atoms with Crippen LogP contribution in [-0.2, 0) is 4.74 Å². The van der Waals surface area contributed by atoms with Gasteiger partial charge in [0.25, 0.3) is 0 Å². The van der Waals surface area contributed by atoms with E-state index < -0.39 is 0 Å². The van der Waals surface area contributed by atoms with Crippen LogP contribution >= 0.6 is 11.5 Å². The van der Waals surface area contributed by atoms with Crippen LogP contribution in [0.25, 0.3) is 0 Å². The van der Waals surface area contributed by atoms with E-state index in [0.717, 1.165) is 10.6 Å². The number of nitrogens with zero attached hydrogens (tertiary/aromatic N) is 2. The fourth-order valence-electron chi connectivity index (χ4n) is 1.28. The van der Waals surface area contributed by atoms with Crippen LogP contribution in [0.1, 0.15) is 43.3 Å². The molecule has 1 rings (SSSR count). The lowest BCUT2D eigenvalue weighted by Gasteiger charge is -2.15. The Morgan fingerprint density at radius 3 is 2.80 bits per heavy atom. The fourth-order valence-corrected chi connectivity index (χ4v) is 2.13. The molecule has 0 aliphatic heterocycles. The number of nitrogens with one attached hydrogen (secondary N) is 1. The summed E-state index contributed by atoms with van der Waals surface area (Å²) in [6, 6.07) is -0.0117. The Balaban J connectivity index is 2.76. The first kappa shape index (κ1) is 12.5. The largest absolute Gasteiger partial charge is 0.380 e. The number of nitrogens with two attached hydrogens (primary N) is 1. The lowest BCUT2D eigenvalue weighted by atomic mass is 10.1. The summed E-state index contributed by atoms with van der Waals surface area (Å²) in [5, 5.41) is 4.11. The second kappa shape index (κ2) is 6.12. The molecule has 1 heterocycles. The molecule has 5 nitrogen and oxygen atoms in total. The predicted octanol–water partition coefficient (Wildman–Crippen LogP) is 1.20. The van der Waals surface area contributed by atoms with Gasteiger partial charge >= 0.3 is 0 Å². The van der Waals surface area contributed by atoms with Gasteiger partial charge in [0.05, 0.1) is 23.2 Å². The normalized spacial score (nSPS) is 13.4. The monoisotopic (exact) mass is 230 g/mol. The van der Waals surface area contributed by atoms with Crippen molar-refractivity contribution in [3.63, 3.8) is 0 Å². The lowest BCUT2D eigenvalue weighted by Crippen LogP contribution is -2.31. The molecule has 6 heteroatoms. The molecule has 15 heavy (non-hydrogen) atoms. The second-order valence-corrected chi connectivity index (χ2v) is 4.34. The molecular formula is C9H18N4OS. The topological polar surface area (TPSA) is 73.1 Å². The Morgan fingerprint density at radius 1 is 1.53 bits per heavy atom. The van der Waals surface area contributed by atoms with Crippen LogP contribution in [0.4, 0.5) is 0 Å². The van der Waals surface area contributed by atoms with Gasteiger partial charge in [0.15, 0.2) is 0 Å². The van der Waals surface area contributed by atoms with Gasteiger partial charge in [0.2, 0.25) is 0 Å². The van der Waals surface area contributed by atoms with Crippen molar-refractivity contribution >= 4 is 11.5 Å². The summed E-state index contributed by atoms with van der Waals surface area (Å²) in [6.07, 6.45) is 0. The third-order valence-electron chi connectivity index (χ3n) is 2.09. The van der Waals surface area contributed by atoms with E-state index in [9.17, 15) is 0 Å². The van der Waals surface area contributed by atoms with Gasteiger partial charge in [-0.1, -0.05) is 18.3 Å². The standard InChI is InChI=1S/C9H18N4OS/c1-4-14-5-7(11-10)9-8(6(2)3)12-13-15-9/h6-7,11H,4-5,10H2,1-3H3. The van der Waals surface area contributed by atoms with Crippen LogP contribution in [0, 0.1) is 0 Å². The minimum Gasteiger partial charge on any atom is -0.380 e. The van der Waals surface area contributed by atoms with Gasteiger partial charge in [-0.2, -0.15) is 0 Å². The quantitative estimate of drug-likeness (QED) is 0.567. The van der Waals surface area contributed by atoms with Crippen molar-refractivity contribution in [2.24, 2.45) is 5.84 Å². The fraction of sp³-hybridized carbons (Fsp3) is 0.778. The number of hydrogen-bond acceptors (Lipinski definition) is 6. The first-order valence-corrected chi connectivity index (χ1v) is 5.84. The van der Waals surface area contributed by atoms with Gasteiger partial charge in [-0.15, -0.1) is 5.10 Å². The maximum absolute atomic E-state index is 5.49. The highest BCUT2D eigenvalue weighted by Gasteiger charge is 2.20. The van der Waals surface area contributed by atoms with Gasteiger partial charge in [0.1, 0.15) is 0 Å². The molecule has 0 fully saturated rings. The molecule has 0 aliphatic carbocycles. The maximum atomic E-state index is 5.49. The van der Waals surface area contributed by atoms with E-state index in [0.29, 0.717) is 19.1 Å². The molecule has 0 saturated heterocycles. The highest BCUT2D eigenvalue weighted by atomic mass is 32.1. The zero-order valence-electron chi connectivity index (χ0n) is 9.36. The molecule has 0 amide bonds. The van der Waals surface area contributed by atoms with E-state index in [1.54, 1.807) is 0 Å². The molecule has 0 spiro atoms. The van der Waals surface area contributed by atoms with E-state index in [-0.39, 0.29) is 6.04 Å². The molecule has 1 atom stereocenters. The van der Waals surface area contributed by atoms with E-state index in [1.807, 2.05) is 6.92 Å². The van der Waals surface area contributed by atoms with E-state index in [1.165, 1.54) is 11.5 Å².